The summed E-state index contributed by atoms with van der Waals surface area (Å²) in [6.07, 6.45) is 3.02. The zero-order valence-corrected chi connectivity index (χ0v) is 13.4. The molecule has 6 heteroatoms. The van der Waals surface area contributed by atoms with Gasteiger partial charge in [0.1, 0.15) is 5.69 Å². The van der Waals surface area contributed by atoms with E-state index < -0.39 is 5.97 Å². The van der Waals surface area contributed by atoms with E-state index in [1.165, 1.54) is 19.1 Å². The number of rotatable bonds is 6. The first kappa shape index (κ1) is 17.2. The van der Waals surface area contributed by atoms with E-state index in [0.29, 0.717) is 17.0 Å². The molecule has 1 aromatic carbocycles. The van der Waals surface area contributed by atoms with Crippen molar-refractivity contribution in [3.8, 4) is 0 Å². The van der Waals surface area contributed by atoms with Gasteiger partial charge in [-0.15, -0.1) is 0 Å². The van der Waals surface area contributed by atoms with Gasteiger partial charge in [-0.1, -0.05) is 12.1 Å². The van der Waals surface area contributed by atoms with E-state index in [1.807, 2.05) is 0 Å². The van der Waals surface area contributed by atoms with E-state index in [1.54, 1.807) is 37.3 Å². The number of carbonyl (C=O) groups is 3. The summed E-state index contributed by atoms with van der Waals surface area (Å²) in [6, 6.07) is 8.28. The van der Waals surface area contributed by atoms with Crippen molar-refractivity contribution in [3.63, 3.8) is 0 Å². The lowest BCUT2D eigenvalue weighted by Crippen LogP contribution is -2.23. The van der Waals surface area contributed by atoms with Gasteiger partial charge >= 0.3 is 5.97 Å². The maximum atomic E-state index is 12.1. The van der Waals surface area contributed by atoms with E-state index in [4.69, 9.17) is 5.11 Å². The molecule has 0 aliphatic carbocycles. The molecule has 1 amide bonds. The van der Waals surface area contributed by atoms with Crippen LogP contribution in [0.5, 0.6) is 0 Å². The summed E-state index contributed by atoms with van der Waals surface area (Å²) in [4.78, 5) is 36.9. The largest absolute Gasteiger partial charge is 0.478 e. The third-order valence-corrected chi connectivity index (χ3v) is 3.43. The second-order valence-corrected chi connectivity index (χ2v) is 5.41. The molecule has 0 unspecified atom stereocenters. The maximum Gasteiger partial charge on any atom is 0.335 e. The van der Waals surface area contributed by atoms with Crippen molar-refractivity contribution in [2.45, 2.75) is 20.4 Å². The second-order valence-electron chi connectivity index (χ2n) is 5.41. The van der Waals surface area contributed by atoms with Crippen molar-refractivity contribution in [1.82, 2.24) is 10.3 Å². The number of nitrogens with one attached hydrogen (secondary N) is 2. The molecule has 24 heavy (non-hydrogen) atoms. The molecule has 0 spiro atoms. The van der Waals surface area contributed by atoms with Gasteiger partial charge in [0.15, 0.2) is 5.78 Å². The Morgan fingerprint density at radius 3 is 2.58 bits per heavy atom. The number of allylic oxidation sites excluding steroid dienone is 1. The zero-order chi connectivity index (χ0) is 17.7. The van der Waals surface area contributed by atoms with Gasteiger partial charge in [-0.05, 0) is 55.3 Å². The van der Waals surface area contributed by atoms with Crippen LogP contribution in [0.1, 0.15) is 44.6 Å². The fraction of sp³-hybridized carbons (Fsp3) is 0.167. The summed E-state index contributed by atoms with van der Waals surface area (Å²) < 4.78 is 0. The third-order valence-electron chi connectivity index (χ3n) is 3.43. The number of carboxylic acids is 1. The van der Waals surface area contributed by atoms with Gasteiger partial charge in [0.05, 0.1) is 5.56 Å². The number of carboxylic acid groups (broad SMARTS) is 1. The first-order valence-electron chi connectivity index (χ1n) is 7.35. The molecule has 6 nitrogen and oxygen atoms in total. The Balaban J connectivity index is 1.99. The lowest BCUT2D eigenvalue weighted by atomic mass is 10.1. The number of H-pyrrole nitrogens is 1. The van der Waals surface area contributed by atoms with Crippen LogP contribution < -0.4 is 5.32 Å². The highest BCUT2D eigenvalue weighted by atomic mass is 16.4. The Bertz CT molecular complexity index is 818. The van der Waals surface area contributed by atoms with Crippen molar-refractivity contribution in [1.29, 1.82) is 0 Å². The van der Waals surface area contributed by atoms with E-state index in [2.05, 4.69) is 10.3 Å². The number of amides is 1. The Kier molecular flexibility index (Phi) is 5.31. The molecular weight excluding hydrogens is 308 g/mol. The predicted octanol–water partition coefficient (Wildman–Crippen LogP) is 2.55. The molecule has 1 heterocycles. The lowest BCUT2D eigenvalue weighted by molar-refractivity contribution is -0.112. The molecule has 0 saturated heterocycles. The molecule has 0 atom stereocenters. The molecular formula is C18H18N2O4. The standard InChI is InChI=1S/C18H18N2O4/c1-11-9-13(4-7-15(11)18(23)24)10-19-17(22)16-8-6-14(20-16)5-3-12(2)21/h3-9,20H,10H2,1-2H3,(H,19,22)(H,23,24). The molecule has 0 fully saturated rings. The van der Waals surface area contributed by atoms with Gasteiger partial charge in [-0.3, -0.25) is 9.59 Å². The van der Waals surface area contributed by atoms with Crippen LogP contribution in [0.2, 0.25) is 0 Å². The monoisotopic (exact) mass is 326 g/mol. The first-order valence-corrected chi connectivity index (χ1v) is 7.35. The lowest BCUT2D eigenvalue weighted by Gasteiger charge is -2.07. The van der Waals surface area contributed by atoms with Gasteiger partial charge < -0.3 is 15.4 Å². The smallest absolute Gasteiger partial charge is 0.335 e. The van der Waals surface area contributed by atoms with Crippen LogP contribution in [0, 0.1) is 6.92 Å². The Hall–Kier alpha value is -3.15. The summed E-state index contributed by atoms with van der Waals surface area (Å²) in [5.74, 6) is -1.33. The van der Waals surface area contributed by atoms with Crippen LogP contribution >= 0.6 is 0 Å². The molecule has 0 bridgehead atoms. The van der Waals surface area contributed by atoms with E-state index in [0.717, 1.165) is 5.56 Å². The summed E-state index contributed by atoms with van der Waals surface area (Å²) in [5.41, 5.74) is 2.75. The molecule has 2 aromatic rings. The quantitative estimate of drug-likeness (QED) is 0.710. The predicted molar refractivity (Wildman–Crippen MR) is 89.8 cm³/mol. The molecule has 3 N–H and O–H groups in total. The number of hydrogen-bond acceptors (Lipinski definition) is 3. The van der Waals surface area contributed by atoms with Crippen molar-refractivity contribution >= 4 is 23.7 Å². The van der Waals surface area contributed by atoms with E-state index >= 15 is 0 Å². The van der Waals surface area contributed by atoms with Crippen LogP contribution in [0.25, 0.3) is 6.08 Å². The fourth-order valence-electron chi connectivity index (χ4n) is 2.20. The van der Waals surface area contributed by atoms with Crippen molar-refractivity contribution < 1.29 is 19.5 Å². The van der Waals surface area contributed by atoms with Gasteiger partial charge in [-0.2, -0.15) is 0 Å². The number of benzene rings is 1. The van der Waals surface area contributed by atoms with Crippen LogP contribution in [0.4, 0.5) is 0 Å². The highest BCUT2D eigenvalue weighted by Crippen LogP contribution is 2.11. The van der Waals surface area contributed by atoms with Crippen molar-refractivity contribution in [2.24, 2.45) is 0 Å². The molecule has 0 aliphatic heterocycles. The Morgan fingerprint density at radius 2 is 1.96 bits per heavy atom. The Morgan fingerprint density at radius 1 is 1.21 bits per heavy atom. The molecule has 0 saturated carbocycles. The van der Waals surface area contributed by atoms with Gasteiger partial charge in [0, 0.05) is 12.2 Å². The zero-order valence-electron chi connectivity index (χ0n) is 13.4. The number of carbonyl (C=O) groups excluding carboxylic acids is 2. The number of aromatic nitrogens is 1. The molecule has 0 radical (unpaired) electrons. The number of aryl methyl sites for hydroxylation is 1. The summed E-state index contributed by atoms with van der Waals surface area (Å²) in [7, 11) is 0. The molecule has 2 rings (SSSR count). The Labute approximate surface area is 139 Å². The fourth-order valence-corrected chi connectivity index (χ4v) is 2.20. The summed E-state index contributed by atoms with van der Waals surface area (Å²) in [5, 5.41) is 11.8. The van der Waals surface area contributed by atoms with Gasteiger partial charge in [0.25, 0.3) is 5.91 Å². The van der Waals surface area contributed by atoms with Gasteiger partial charge in [0.2, 0.25) is 0 Å². The first-order chi connectivity index (χ1) is 11.4. The number of aromatic carboxylic acids is 1. The minimum absolute atomic E-state index is 0.0734. The highest BCUT2D eigenvalue weighted by Gasteiger charge is 2.10. The summed E-state index contributed by atoms with van der Waals surface area (Å²) >= 11 is 0. The maximum absolute atomic E-state index is 12.1. The van der Waals surface area contributed by atoms with Crippen LogP contribution in [-0.2, 0) is 11.3 Å². The van der Waals surface area contributed by atoms with Gasteiger partial charge in [-0.25, -0.2) is 4.79 Å². The van der Waals surface area contributed by atoms with Crippen molar-refractivity contribution in [2.75, 3.05) is 0 Å². The molecule has 124 valence electrons. The minimum Gasteiger partial charge on any atom is -0.478 e. The number of aromatic amines is 1. The number of hydrogen-bond donors (Lipinski definition) is 3. The molecule has 1 aromatic heterocycles. The van der Waals surface area contributed by atoms with Crippen LogP contribution in [0.3, 0.4) is 0 Å². The minimum atomic E-state index is -0.972. The topological polar surface area (TPSA) is 99.3 Å². The van der Waals surface area contributed by atoms with E-state index in [9.17, 15) is 14.4 Å². The second kappa shape index (κ2) is 7.41. The summed E-state index contributed by atoms with van der Waals surface area (Å²) in [6.45, 7) is 3.45. The third kappa shape index (κ3) is 4.42. The average molecular weight is 326 g/mol. The molecule has 0 aliphatic rings. The van der Waals surface area contributed by atoms with Crippen LogP contribution in [-0.4, -0.2) is 27.8 Å². The van der Waals surface area contributed by atoms with Crippen molar-refractivity contribution in [3.05, 3.63) is 64.5 Å². The SMILES string of the molecule is CC(=O)C=Cc1ccc(C(=O)NCc2ccc(C(=O)O)c(C)c2)[nH]1. The number of ketones is 1. The highest BCUT2D eigenvalue weighted by molar-refractivity contribution is 5.94. The van der Waals surface area contributed by atoms with Crippen LogP contribution in [0.15, 0.2) is 36.4 Å². The van der Waals surface area contributed by atoms with E-state index in [-0.39, 0.29) is 23.8 Å². The normalized spacial score (nSPS) is 10.8. The average Bonchev–Trinajstić information content (AvgIpc) is 2.99.